The van der Waals surface area contributed by atoms with Gasteiger partial charge in [-0.15, -0.1) is 0 Å². The van der Waals surface area contributed by atoms with Crippen molar-refractivity contribution in [2.75, 3.05) is 13.1 Å². The van der Waals surface area contributed by atoms with Crippen molar-refractivity contribution in [3.63, 3.8) is 0 Å². The zero-order valence-corrected chi connectivity index (χ0v) is 11.5. The molecule has 1 nitrogen and oxygen atoms in total. The third-order valence-electron chi connectivity index (χ3n) is 3.20. The maximum atomic E-state index is 13.2. The van der Waals surface area contributed by atoms with Crippen molar-refractivity contribution in [3.8, 4) is 0 Å². The van der Waals surface area contributed by atoms with Gasteiger partial charge in [0.2, 0.25) is 0 Å². The fraction of sp³-hybridized carbons (Fsp3) is 0.571. The van der Waals surface area contributed by atoms with Crippen molar-refractivity contribution in [1.82, 2.24) is 5.32 Å². The van der Waals surface area contributed by atoms with E-state index in [1.807, 2.05) is 0 Å². The monoisotopic (exact) mass is 257 g/mol. The average molecular weight is 258 g/mol. The largest absolute Gasteiger partial charge is 0.316 e. The summed E-state index contributed by atoms with van der Waals surface area (Å²) in [6.07, 6.45) is 1.13. The second-order valence-corrected chi connectivity index (χ2v) is 5.04. The van der Waals surface area contributed by atoms with Gasteiger partial charge in [0.05, 0.1) is 0 Å². The van der Waals surface area contributed by atoms with Crippen LogP contribution in [0, 0.1) is 11.7 Å². The Balaban J connectivity index is 2.67. The molecular weight excluding hydrogens is 237 g/mol. The molecule has 0 aliphatic heterocycles. The first kappa shape index (κ1) is 14.5. The molecule has 0 aliphatic rings. The van der Waals surface area contributed by atoms with Crippen LogP contribution in [0.2, 0.25) is 5.02 Å². The maximum Gasteiger partial charge on any atom is 0.123 e. The third-order valence-corrected chi connectivity index (χ3v) is 3.54. The molecule has 1 N–H and O–H groups in total. The van der Waals surface area contributed by atoms with E-state index in [9.17, 15) is 4.39 Å². The minimum absolute atomic E-state index is 0.218. The number of hydrogen-bond acceptors (Lipinski definition) is 1. The Morgan fingerprint density at radius 2 is 2.06 bits per heavy atom. The average Bonchev–Trinajstić information content (AvgIpc) is 2.31. The van der Waals surface area contributed by atoms with Crippen LogP contribution in [0.3, 0.4) is 0 Å². The van der Waals surface area contributed by atoms with Gasteiger partial charge in [0.25, 0.3) is 0 Å². The van der Waals surface area contributed by atoms with Crippen molar-refractivity contribution in [3.05, 3.63) is 34.6 Å². The van der Waals surface area contributed by atoms with Gasteiger partial charge >= 0.3 is 0 Å². The molecule has 3 heteroatoms. The Bertz CT molecular complexity index is 354. The molecule has 1 aromatic rings. The highest BCUT2D eigenvalue weighted by atomic mass is 35.5. The summed E-state index contributed by atoms with van der Waals surface area (Å²) < 4.78 is 13.2. The first-order valence-electron chi connectivity index (χ1n) is 6.22. The molecule has 0 saturated carbocycles. The van der Waals surface area contributed by atoms with E-state index in [2.05, 4.69) is 26.1 Å². The molecule has 0 heterocycles. The molecule has 1 rings (SSSR count). The van der Waals surface area contributed by atoms with Gasteiger partial charge in [0, 0.05) is 5.02 Å². The maximum absolute atomic E-state index is 13.2. The van der Waals surface area contributed by atoms with E-state index in [0.717, 1.165) is 25.1 Å². The standard InChI is InChI=1S/C14H21ClFN/c1-4-7-17-9-10(2)11(3)13-8-12(16)5-6-14(13)15/h5-6,8,10-11,17H,4,7,9H2,1-3H3. The molecule has 0 aliphatic carbocycles. The Morgan fingerprint density at radius 1 is 1.35 bits per heavy atom. The molecule has 2 unspecified atom stereocenters. The van der Waals surface area contributed by atoms with E-state index < -0.39 is 0 Å². The van der Waals surface area contributed by atoms with E-state index in [1.54, 1.807) is 12.1 Å². The molecular formula is C14H21ClFN. The Kier molecular flexibility index (Phi) is 5.93. The molecule has 2 atom stereocenters. The lowest BCUT2D eigenvalue weighted by Crippen LogP contribution is -2.25. The molecule has 1 aromatic carbocycles. The number of benzene rings is 1. The van der Waals surface area contributed by atoms with Gasteiger partial charge in [0.15, 0.2) is 0 Å². The van der Waals surface area contributed by atoms with Gasteiger partial charge in [0.1, 0.15) is 5.82 Å². The van der Waals surface area contributed by atoms with Crippen LogP contribution in [-0.2, 0) is 0 Å². The van der Waals surface area contributed by atoms with Crippen molar-refractivity contribution in [1.29, 1.82) is 0 Å². The SMILES string of the molecule is CCCNCC(C)C(C)c1cc(F)ccc1Cl. The van der Waals surface area contributed by atoms with E-state index in [0.29, 0.717) is 10.9 Å². The second kappa shape index (κ2) is 6.97. The molecule has 0 amide bonds. The lowest BCUT2D eigenvalue weighted by molar-refractivity contribution is 0.446. The van der Waals surface area contributed by atoms with Crippen LogP contribution >= 0.6 is 11.6 Å². The molecule has 17 heavy (non-hydrogen) atoms. The van der Waals surface area contributed by atoms with Gasteiger partial charge < -0.3 is 5.32 Å². The van der Waals surface area contributed by atoms with Crippen LogP contribution in [-0.4, -0.2) is 13.1 Å². The summed E-state index contributed by atoms with van der Waals surface area (Å²) in [5, 5.41) is 4.04. The first-order chi connectivity index (χ1) is 8.06. The van der Waals surface area contributed by atoms with Crippen molar-refractivity contribution in [2.45, 2.75) is 33.1 Å². The smallest absolute Gasteiger partial charge is 0.123 e. The normalized spacial score (nSPS) is 14.6. The van der Waals surface area contributed by atoms with Gasteiger partial charge in [-0.2, -0.15) is 0 Å². The summed E-state index contributed by atoms with van der Waals surface area (Å²) >= 11 is 6.11. The van der Waals surface area contributed by atoms with Gasteiger partial charge in [-0.05, 0) is 55.1 Å². The second-order valence-electron chi connectivity index (χ2n) is 4.64. The highest BCUT2D eigenvalue weighted by Gasteiger charge is 2.17. The predicted octanol–water partition coefficient (Wildman–Crippen LogP) is 4.22. The Labute approximate surface area is 108 Å². The summed E-state index contributed by atoms with van der Waals surface area (Å²) in [5.74, 6) is 0.466. The van der Waals surface area contributed by atoms with Gasteiger partial charge in [-0.1, -0.05) is 32.4 Å². The molecule has 0 spiro atoms. The van der Waals surface area contributed by atoms with Crippen LogP contribution in [0.1, 0.15) is 38.7 Å². The molecule has 96 valence electrons. The lowest BCUT2D eigenvalue weighted by atomic mass is 9.88. The molecule has 0 radical (unpaired) electrons. The van der Waals surface area contributed by atoms with Crippen LogP contribution < -0.4 is 5.32 Å². The zero-order chi connectivity index (χ0) is 12.8. The molecule has 0 fully saturated rings. The summed E-state index contributed by atoms with van der Waals surface area (Å²) in [7, 11) is 0. The summed E-state index contributed by atoms with van der Waals surface area (Å²) in [6.45, 7) is 8.35. The van der Waals surface area contributed by atoms with Crippen molar-refractivity contribution >= 4 is 11.6 Å². The quantitative estimate of drug-likeness (QED) is 0.753. The topological polar surface area (TPSA) is 12.0 Å². The predicted molar refractivity (Wildman–Crippen MR) is 72.1 cm³/mol. The lowest BCUT2D eigenvalue weighted by Gasteiger charge is -2.21. The molecule has 0 bridgehead atoms. The molecule has 0 saturated heterocycles. The van der Waals surface area contributed by atoms with Crippen LogP contribution in [0.4, 0.5) is 4.39 Å². The van der Waals surface area contributed by atoms with Gasteiger partial charge in [-0.3, -0.25) is 0 Å². The number of nitrogens with one attached hydrogen (secondary N) is 1. The van der Waals surface area contributed by atoms with E-state index >= 15 is 0 Å². The van der Waals surface area contributed by atoms with Gasteiger partial charge in [-0.25, -0.2) is 4.39 Å². The summed E-state index contributed by atoms with van der Waals surface area (Å²) in [4.78, 5) is 0. The fourth-order valence-corrected chi connectivity index (χ4v) is 2.14. The Hall–Kier alpha value is -0.600. The minimum atomic E-state index is -0.218. The van der Waals surface area contributed by atoms with E-state index in [4.69, 9.17) is 11.6 Å². The summed E-state index contributed by atoms with van der Waals surface area (Å²) in [6, 6.07) is 4.58. The first-order valence-corrected chi connectivity index (χ1v) is 6.59. The van der Waals surface area contributed by atoms with Crippen molar-refractivity contribution in [2.24, 2.45) is 5.92 Å². The van der Waals surface area contributed by atoms with E-state index in [-0.39, 0.29) is 11.7 Å². The highest BCUT2D eigenvalue weighted by molar-refractivity contribution is 6.31. The number of halogens is 2. The third kappa shape index (κ3) is 4.29. The fourth-order valence-electron chi connectivity index (χ4n) is 1.85. The van der Waals surface area contributed by atoms with Crippen LogP contribution in [0.25, 0.3) is 0 Å². The van der Waals surface area contributed by atoms with Crippen LogP contribution in [0.15, 0.2) is 18.2 Å². The zero-order valence-electron chi connectivity index (χ0n) is 10.8. The Morgan fingerprint density at radius 3 is 2.71 bits per heavy atom. The van der Waals surface area contributed by atoms with Crippen molar-refractivity contribution < 1.29 is 4.39 Å². The number of rotatable bonds is 6. The molecule has 0 aromatic heterocycles. The highest BCUT2D eigenvalue weighted by Crippen LogP contribution is 2.30. The summed E-state index contributed by atoms with van der Waals surface area (Å²) in [5.41, 5.74) is 0.900. The van der Waals surface area contributed by atoms with E-state index in [1.165, 1.54) is 6.07 Å². The minimum Gasteiger partial charge on any atom is -0.316 e. The number of hydrogen-bond donors (Lipinski definition) is 1. The van der Waals surface area contributed by atoms with Crippen LogP contribution in [0.5, 0.6) is 0 Å².